The topological polar surface area (TPSA) is 58.9 Å². The van der Waals surface area contributed by atoms with Gasteiger partial charge in [0, 0.05) is 5.56 Å². The standard InChI is InChI=1S/C10H11NO3/c1-7(11-14-2)10(13)8-4-3-5-9(12)6-8/h3-6,12H,1-2H3/b11-7+. The third-order valence-electron chi connectivity index (χ3n) is 1.67. The van der Waals surface area contributed by atoms with Crippen molar-refractivity contribution in [3.63, 3.8) is 0 Å². The Balaban J connectivity index is 2.95. The third-order valence-corrected chi connectivity index (χ3v) is 1.67. The maximum Gasteiger partial charge on any atom is 0.210 e. The van der Waals surface area contributed by atoms with Crippen LogP contribution in [0.5, 0.6) is 5.75 Å². The van der Waals surface area contributed by atoms with Crippen LogP contribution in [0.4, 0.5) is 0 Å². The van der Waals surface area contributed by atoms with E-state index in [4.69, 9.17) is 5.11 Å². The number of hydrogen-bond acceptors (Lipinski definition) is 4. The molecule has 0 unspecified atom stereocenters. The SMILES string of the molecule is CO/N=C(\C)C(=O)c1cccc(O)c1. The van der Waals surface area contributed by atoms with Crippen molar-refractivity contribution in [3.8, 4) is 5.75 Å². The predicted molar refractivity (Wildman–Crippen MR) is 52.6 cm³/mol. The molecule has 1 aromatic rings. The summed E-state index contributed by atoms with van der Waals surface area (Å²) in [6.45, 7) is 1.55. The average molecular weight is 193 g/mol. The van der Waals surface area contributed by atoms with Crippen molar-refractivity contribution in [1.29, 1.82) is 0 Å². The number of rotatable bonds is 3. The highest BCUT2D eigenvalue weighted by Gasteiger charge is 2.10. The van der Waals surface area contributed by atoms with Crippen molar-refractivity contribution in [2.24, 2.45) is 5.16 Å². The molecule has 4 heteroatoms. The lowest BCUT2D eigenvalue weighted by Crippen LogP contribution is -2.10. The number of Topliss-reactive ketones (excluding diaryl/α,β-unsaturated/α-hetero) is 1. The molecular formula is C10H11NO3. The smallest absolute Gasteiger partial charge is 0.210 e. The second kappa shape index (κ2) is 4.41. The monoisotopic (exact) mass is 193 g/mol. The molecule has 1 N–H and O–H groups in total. The molecule has 0 aliphatic rings. The van der Waals surface area contributed by atoms with E-state index in [0.29, 0.717) is 5.56 Å². The van der Waals surface area contributed by atoms with E-state index in [1.807, 2.05) is 0 Å². The predicted octanol–water partition coefficient (Wildman–Crippen LogP) is 1.60. The van der Waals surface area contributed by atoms with Crippen LogP contribution in [0.1, 0.15) is 17.3 Å². The highest BCUT2D eigenvalue weighted by atomic mass is 16.6. The van der Waals surface area contributed by atoms with Gasteiger partial charge in [0.2, 0.25) is 5.78 Å². The Hall–Kier alpha value is -1.84. The van der Waals surface area contributed by atoms with Crippen LogP contribution in [-0.4, -0.2) is 23.7 Å². The van der Waals surface area contributed by atoms with E-state index in [-0.39, 0.29) is 17.2 Å². The first-order valence-electron chi connectivity index (χ1n) is 4.06. The van der Waals surface area contributed by atoms with E-state index < -0.39 is 0 Å². The normalized spacial score (nSPS) is 11.1. The minimum atomic E-state index is -0.261. The highest BCUT2D eigenvalue weighted by Crippen LogP contribution is 2.11. The van der Waals surface area contributed by atoms with Crippen LogP contribution in [0.25, 0.3) is 0 Å². The highest BCUT2D eigenvalue weighted by molar-refractivity contribution is 6.45. The number of phenolic OH excluding ortho intramolecular Hbond substituents is 1. The summed E-state index contributed by atoms with van der Waals surface area (Å²) < 4.78 is 0. The maximum absolute atomic E-state index is 11.6. The van der Waals surface area contributed by atoms with Gasteiger partial charge in [0.25, 0.3) is 0 Å². The van der Waals surface area contributed by atoms with Crippen LogP contribution < -0.4 is 0 Å². The molecule has 0 aliphatic carbocycles. The lowest BCUT2D eigenvalue weighted by Gasteiger charge is -1.99. The molecular weight excluding hydrogens is 182 g/mol. The lowest BCUT2D eigenvalue weighted by molar-refractivity contribution is 0.105. The molecule has 0 atom stereocenters. The summed E-state index contributed by atoms with van der Waals surface area (Å²) in [6, 6.07) is 6.09. The Kier molecular flexibility index (Phi) is 3.23. The van der Waals surface area contributed by atoms with Gasteiger partial charge in [-0.1, -0.05) is 17.3 Å². The van der Waals surface area contributed by atoms with Gasteiger partial charge in [-0.25, -0.2) is 0 Å². The summed E-state index contributed by atoms with van der Waals surface area (Å²) in [4.78, 5) is 16.0. The van der Waals surface area contributed by atoms with Gasteiger partial charge in [0.1, 0.15) is 18.6 Å². The molecule has 0 heterocycles. The van der Waals surface area contributed by atoms with Crippen molar-refractivity contribution in [3.05, 3.63) is 29.8 Å². The summed E-state index contributed by atoms with van der Waals surface area (Å²) in [5.41, 5.74) is 0.640. The summed E-state index contributed by atoms with van der Waals surface area (Å²) in [6.07, 6.45) is 0. The van der Waals surface area contributed by atoms with Gasteiger partial charge < -0.3 is 9.94 Å². The van der Waals surface area contributed by atoms with Crippen LogP contribution in [0.15, 0.2) is 29.4 Å². The molecule has 74 valence electrons. The van der Waals surface area contributed by atoms with Crippen LogP contribution in [0.3, 0.4) is 0 Å². The molecule has 0 saturated heterocycles. The van der Waals surface area contributed by atoms with E-state index in [9.17, 15) is 4.79 Å². The van der Waals surface area contributed by atoms with Crippen LogP contribution in [0, 0.1) is 0 Å². The van der Waals surface area contributed by atoms with Gasteiger partial charge in [-0.15, -0.1) is 0 Å². The van der Waals surface area contributed by atoms with E-state index in [2.05, 4.69) is 9.99 Å². The first-order chi connectivity index (χ1) is 6.65. The van der Waals surface area contributed by atoms with Gasteiger partial charge >= 0.3 is 0 Å². The van der Waals surface area contributed by atoms with Gasteiger partial charge in [0.05, 0.1) is 0 Å². The summed E-state index contributed by atoms with van der Waals surface area (Å²) in [5, 5.41) is 12.7. The summed E-state index contributed by atoms with van der Waals surface area (Å²) in [5.74, 6) is -0.205. The molecule has 0 aromatic heterocycles. The Bertz CT molecular complexity index is 371. The molecule has 0 radical (unpaired) electrons. The zero-order valence-electron chi connectivity index (χ0n) is 8.02. The van der Waals surface area contributed by atoms with Crippen molar-refractivity contribution in [1.82, 2.24) is 0 Å². The molecule has 0 fully saturated rings. The zero-order chi connectivity index (χ0) is 10.6. The third kappa shape index (κ3) is 2.32. The fraction of sp³-hybridized carbons (Fsp3) is 0.200. The molecule has 1 aromatic carbocycles. The summed E-state index contributed by atoms with van der Waals surface area (Å²) >= 11 is 0. The molecule has 0 aliphatic heterocycles. The Morgan fingerprint density at radius 1 is 1.50 bits per heavy atom. The van der Waals surface area contributed by atoms with Gasteiger partial charge in [-0.05, 0) is 19.1 Å². The fourth-order valence-electron chi connectivity index (χ4n) is 1.03. The quantitative estimate of drug-likeness (QED) is 0.450. The van der Waals surface area contributed by atoms with Crippen molar-refractivity contribution < 1.29 is 14.7 Å². The minimum absolute atomic E-state index is 0.0565. The lowest BCUT2D eigenvalue weighted by atomic mass is 10.1. The molecule has 14 heavy (non-hydrogen) atoms. The van der Waals surface area contributed by atoms with E-state index >= 15 is 0 Å². The first-order valence-corrected chi connectivity index (χ1v) is 4.06. The molecule has 0 saturated carbocycles. The number of nitrogens with zero attached hydrogens (tertiary/aromatic N) is 1. The second-order valence-electron chi connectivity index (χ2n) is 2.74. The number of ketones is 1. The van der Waals surface area contributed by atoms with Gasteiger partial charge in [0.15, 0.2) is 0 Å². The number of hydrogen-bond donors (Lipinski definition) is 1. The zero-order valence-corrected chi connectivity index (χ0v) is 8.02. The maximum atomic E-state index is 11.6. The number of carbonyl (C=O) groups is 1. The molecule has 4 nitrogen and oxygen atoms in total. The first kappa shape index (κ1) is 10.2. The van der Waals surface area contributed by atoms with E-state index in [0.717, 1.165) is 0 Å². The number of carbonyl (C=O) groups excluding carboxylic acids is 1. The Morgan fingerprint density at radius 3 is 2.79 bits per heavy atom. The molecule has 0 amide bonds. The number of aromatic hydroxyl groups is 1. The number of benzene rings is 1. The van der Waals surface area contributed by atoms with Crippen LogP contribution in [0.2, 0.25) is 0 Å². The minimum Gasteiger partial charge on any atom is -0.508 e. The molecule has 1 rings (SSSR count). The largest absolute Gasteiger partial charge is 0.508 e. The van der Waals surface area contributed by atoms with E-state index in [1.165, 1.54) is 19.2 Å². The van der Waals surface area contributed by atoms with E-state index in [1.54, 1.807) is 19.1 Å². The van der Waals surface area contributed by atoms with Gasteiger partial charge in [-0.3, -0.25) is 4.79 Å². The number of oxime groups is 1. The van der Waals surface area contributed by atoms with Crippen molar-refractivity contribution in [2.75, 3.05) is 7.11 Å². The van der Waals surface area contributed by atoms with Gasteiger partial charge in [-0.2, -0.15) is 0 Å². The summed E-state index contributed by atoms with van der Waals surface area (Å²) in [7, 11) is 1.37. The Labute approximate surface area is 81.8 Å². The van der Waals surface area contributed by atoms with Crippen molar-refractivity contribution >= 4 is 11.5 Å². The Morgan fingerprint density at radius 2 is 2.21 bits per heavy atom. The van der Waals surface area contributed by atoms with Crippen molar-refractivity contribution in [2.45, 2.75) is 6.92 Å². The van der Waals surface area contributed by atoms with Crippen LogP contribution in [-0.2, 0) is 4.84 Å². The fourth-order valence-corrected chi connectivity index (χ4v) is 1.03. The second-order valence-corrected chi connectivity index (χ2v) is 2.74. The average Bonchev–Trinajstić information content (AvgIpc) is 2.17. The molecule has 0 bridgehead atoms. The molecule has 0 spiro atoms. The number of phenols is 1. The van der Waals surface area contributed by atoms with Crippen LogP contribution >= 0.6 is 0 Å².